The van der Waals surface area contributed by atoms with Gasteiger partial charge in [0.25, 0.3) is 0 Å². The van der Waals surface area contributed by atoms with Gasteiger partial charge in [-0.2, -0.15) is 0 Å². The highest BCUT2D eigenvalue weighted by molar-refractivity contribution is 7.17. The van der Waals surface area contributed by atoms with Crippen molar-refractivity contribution in [1.29, 1.82) is 0 Å². The van der Waals surface area contributed by atoms with E-state index < -0.39 is 0 Å². The van der Waals surface area contributed by atoms with Crippen LogP contribution >= 0.6 is 11.3 Å². The minimum atomic E-state index is -0.158. The summed E-state index contributed by atoms with van der Waals surface area (Å²) < 4.78 is 1.28. The maximum Gasteiger partial charge on any atom is 0.244 e. The summed E-state index contributed by atoms with van der Waals surface area (Å²) in [5, 5.41) is 6.64. The minimum Gasteiger partial charge on any atom is -0.374 e. The van der Waals surface area contributed by atoms with Crippen LogP contribution in [-0.2, 0) is 4.79 Å². The topological polar surface area (TPSA) is 32.3 Å². The average Bonchev–Trinajstić information content (AvgIpc) is 3.08. The molecule has 1 aromatic carbocycles. The monoisotopic (exact) mass is 274 g/mol. The van der Waals surface area contributed by atoms with Crippen LogP contribution in [0.3, 0.4) is 0 Å². The highest BCUT2D eigenvalue weighted by atomic mass is 32.1. The molecule has 1 aliphatic rings. The molecule has 1 unspecified atom stereocenters. The van der Waals surface area contributed by atoms with Crippen molar-refractivity contribution in [2.45, 2.75) is 25.8 Å². The number of anilines is 1. The van der Waals surface area contributed by atoms with Crippen LogP contribution in [0.25, 0.3) is 10.1 Å². The molecule has 0 aliphatic carbocycles. The molecule has 0 bridgehead atoms. The lowest BCUT2D eigenvalue weighted by Crippen LogP contribution is -2.39. The SMILES string of the molecule is CC(Nc1ccc2sccc2c1)C(=O)N1CCCC1. The molecule has 1 saturated heterocycles. The van der Waals surface area contributed by atoms with Crippen molar-refractivity contribution in [2.75, 3.05) is 18.4 Å². The zero-order valence-electron chi connectivity index (χ0n) is 11.1. The lowest BCUT2D eigenvalue weighted by Gasteiger charge is -2.21. The van der Waals surface area contributed by atoms with Crippen LogP contribution in [0, 0.1) is 0 Å². The third-order valence-electron chi connectivity index (χ3n) is 3.62. The number of fused-ring (bicyclic) bond motifs is 1. The van der Waals surface area contributed by atoms with Gasteiger partial charge in [0.2, 0.25) is 5.91 Å². The summed E-state index contributed by atoms with van der Waals surface area (Å²) in [4.78, 5) is 14.2. The molecule has 2 aromatic rings. The third-order valence-corrected chi connectivity index (χ3v) is 4.52. The zero-order valence-corrected chi connectivity index (χ0v) is 11.9. The van der Waals surface area contributed by atoms with E-state index in [1.54, 1.807) is 11.3 Å². The Hall–Kier alpha value is -1.55. The van der Waals surface area contributed by atoms with Crippen LogP contribution in [0.5, 0.6) is 0 Å². The van der Waals surface area contributed by atoms with E-state index in [1.165, 1.54) is 10.1 Å². The van der Waals surface area contributed by atoms with Crippen LogP contribution < -0.4 is 5.32 Å². The van der Waals surface area contributed by atoms with Crippen LogP contribution in [0.4, 0.5) is 5.69 Å². The highest BCUT2D eigenvalue weighted by Crippen LogP contribution is 2.24. The van der Waals surface area contributed by atoms with Gasteiger partial charge in [-0.3, -0.25) is 4.79 Å². The van der Waals surface area contributed by atoms with Gasteiger partial charge in [0.15, 0.2) is 0 Å². The molecule has 0 spiro atoms. The smallest absolute Gasteiger partial charge is 0.244 e. The summed E-state index contributed by atoms with van der Waals surface area (Å²) >= 11 is 1.74. The van der Waals surface area contributed by atoms with Gasteiger partial charge in [-0.1, -0.05) is 0 Å². The normalized spacial score (nSPS) is 16.8. The summed E-state index contributed by atoms with van der Waals surface area (Å²) in [5.74, 6) is 0.211. The van der Waals surface area contributed by atoms with Crippen LogP contribution in [0.15, 0.2) is 29.6 Å². The maximum atomic E-state index is 12.2. The summed E-state index contributed by atoms with van der Waals surface area (Å²) in [6.45, 7) is 3.77. The first-order valence-corrected chi connectivity index (χ1v) is 7.64. The number of hydrogen-bond donors (Lipinski definition) is 1. The Morgan fingerprint density at radius 3 is 2.89 bits per heavy atom. The molecule has 1 aromatic heterocycles. The summed E-state index contributed by atoms with van der Waals surface area (Å²) in [6, 6.07) is 8.22. The molecule has 1 atom stereocenters. The second-order valence-corrected chi connectivity index (χ2v) is 6.02. The van der Waals surface area contributed by atoms with Gasteiger partial charge < -0.3 is 10.2 Å². The number of likely N-dealkylation sites (tertiary alicyclic amines) is 1. The molecule has 1 fully saturated rings. The molecule has 3 nitrogen and oxygen atoms in total. The van der Waals surface area contributed by atoms with Gasteiger partial charge in [0, 0.05) is 23.5 Å². The quantitative estimate of drug-likeness (QED) is 0.931. The van der Waals surface area contributed by atoms with Crippen molar-refractivity contribution in [3.05, 3.63) is 29.6 Å². The number of hydrogen-bond acceptors (Lipinski definition) is 3. The van der Waals surface area contributed by atoms with E-state index in [-0.39, 0.29) is 11.9 Å². The van der Waals surface area contributed by atoms with Crippen molar-refractivity contribution in [1.82, 2.24) is 4.90 Å². The third kappa shape index (κ3) is 2.59. The first kappa shape index (κ1) is 12.5. The largest absolute Gasteiger partial charge is 0.374 e. The van der Waals surface area contributed by atoms with Crippen LogP contribution in [-0.4, -0.2) is 29.9 Å². The standard InChI is InChI=1S/C15H18N2OS/c1-11(15(18)17-7-2-3-8-17)16-13-4-5-14-12(10-13)6-9-19-14/h4-6,9-11,16H,2-3,7-8H2,1H3. The van der Waals surface area contributed by atoms with Crippen molar-refractivity contribution >= 4 is 33.0 Å². The molecule has 0 saturated carbocycles. The summed E-state index contributed by atoms with van der Waals surface area (Å²) in [5.41, 5.74) is 1.02. The maximum absolute atomic E-state index is 12.2. The van der Waals surface area contributed by atoms with E-state index in [0.29, 0.717) is 0 Å². The van der Waals surface area contributed by atoms with E-state index in [2.05, 4.69) is 28.9 Å². The van der Waals surface area contributed by atoms with Crippen LogP contribution in [0.2, 0.25) is 0 Å². The molecular weight excluding hydrogens is 256 g/mol. The molecule has 3 rings (SSSR count). The van der Waals surface area contributed by atoms with Crippen molar-refractivity contribution in [3.8, 4) is 0 Å². The van der Waals surface area contributed by atoms with Gasteiger partial charge >= 0.3 is 0 Å². The molecule has 1 aliphatic heterocycles. The molecule has 0 radical (unpaired) electrons. The second-order valence-electron chi connectivity index (χ2n) is 5.07. The molecular formula is C15H18N2OS. The molecule has 19 heavy (non-hydrogen) atoms. The van der Waals surface area contributed by atoms with Gasteiger partial charge in [-0.25, -0.2) is 0 Å². The van der Waals surface area contributed by atoms with Crippen molar-refractivity contribution < 1.29 is 4.79 Å². The first-order valence-electron chi connectivity index (χ1n) is 6.76. The Labute approximate surface area is 117 Å². The Bertz CT molecular complexity index is 587. The number of thiophene rings is 1. The Morgan fingerprint density at radius 1 is 1.32 bits per heavy atom. The fourth-order valence-electron chi connectivity index (χ4n) is 2.58. The van der Waals surface area contributed by atoms with Crippen molar-refractivity contribution in [3.63, 3.8) is 0 Å². The summed E-state index contributed by atoms with van der Waals surface area (Å²) in [7, 11) is 0. The lowest BCUT2D eigenvalue weighted by atomic mass is 10.2. The van der Waals surface area contributed by atoms with E-state index in [1.807, 2.05) is 17.9 Å². The highest BCUT2D eigenvalue weighted by Gasteiger charge is 2.22. The number of carbonyl (C=O) groups excluding carboxylic acids is 1. The van der Waals surface area contributed by atoms with E-state index in [4.69, 9.17) is 0 Å². The predicted octanol–water partition coefficient (Wildman–Crippen LogP) is 3.32. The molecule has 2 heterocycles. The molecule has 100 valence electrons. The zero-order chi connectivity index (χ0) is 13.2. The Kier molecular flexibility index (Phi) is 3.42. The minimum absolute atomic E-state index is 0.158. The van der Waals surface area contributed by atoms with Gasteiger partial charge in [0.1, 0.15) is 6.04 Å². The number of rotatable bonds is 3. The fraction of sp³-hybridized carbons (Fsp3) is 0.400. The number of nitrogens with zero attached hydrogens (tertiary/aromatic N) is 1. The number of nitrogens with one attached hydrogen (secondary N) is 1. The fourth-order valence-corrected chi connectivity index (χ4v) is 3.35. The number of carbonyl (C=O) groups is 1. The van der Waals surface area contributed by atoms with E-state index >= 15 is 0 Å². The number of amides is 1. The second kappa shape index (κ2) is 5.21. The predicted molar refractivity (Wildman–Crippen MR) is 80.7 cm³/mol. The first-order chi connectivity index (χ1) is 9.24. The summed E-state index contributed by atoms with van der Waals surface area (Å²) in [6.07, 6.45) is 2.28. The Balaban J connectivity index is 1.70. The molecule has 4 heteroatoms. The lowest BCUT2D eigenvalue weighted by molar-refractivity contribution is -0.130. The Morgan fingerprint density at radius 2 is 2.11 bits per heavy atom. The van der Waals surface area contributed by atoms with E-state index in [0.717, 1.165) is 31.6 Å². The average molecular weight is 274 g/mol. The van der Waals surface area contributed by atoms with Gasteiger partial charge in [-0.05, 0) is 54.8 Å². The molecule has 1 amide bonds. The van der Waals surface area contributed by atoms with Crippen LogP contribution in [0.1, 0.15) is 19.8 Å². The van der Waals surface area contributed by atoms with Crippen molar-refractivity contribution in [2.24, 2.45) is 0 Å². The van der Waals surface area contributed by atoms with E-state index in [9.17, 15) is 4.79 Å². The van der Waals surface area contributed by atoms with Gasteiger partial charge in [0.05, 0.1) is 0 Å². The number of benzene rings is 1. The molecule has 1 N–H and O–H groups in total. The van der Waals surface area contributed by atoms with Gasteiger partial charge in [-0.15, -0.1) is 11.3 Å².